The van der Waals surface area contributed by atoms with Crippen molar-refractivity contribution in [2.24, 2.45) is 0 Å². The summed E-state index contributed by atoms with van der Waals surface area (Å²) in [5.41, 5.74) is 0.867. The molecule has 2 aromatic rings. The third kappa shape index (κ3) is 5.44. The number of piperazine rings is 1. The molecule has 2 aromatic carbocycles. The van der Waals surface area contributed by atoms with Crippen LogP contribution in [0.25, 0.3) is 0 Å². The number of benzene rings is 2. The zero-order valence-corrected chi connectivity index (χ0v) is 15.7. The number of esters is 1. The Balaban J connectivity index is 1.41. The summed E-state index contributed by atoms with van der Waals surface area (Å²) in [4.78, 5) is 38.3. The molecule has 1 amide bonds. The minimum atomic E-state index is -0.764. The molecule has 0 unspecified atom stereocenters. The van der Waals surface area contributed by atoms with Gasteiger partial charge in [-0.3, -0.25) is 14.9 Å². The molecule has 152 valence electrons. The zero-order valence-electron chi connectivity index (χ0n) is 15.7. The summed E-state index contributed by atoms with van der Waals surface area (Å²) in [6, 6.07) is 15.7. The Kier molecular flexibility index (Phi) is 6.62. The first-order chi connectivity index (χ1) is 14.0. The van der Waals surface area contributed by atoms with Gasteiger partial charge in [0.2, 0.25) is 0 Å². The van der Waals surface area contributed by atoms with E-state index in [0.29, 0.717) is 26.2 Å². The van der Waals surface area contributed by atoms with Gasteiger partial charge in [-0.15, -0.1) is 0 Å². The molecule has 0 atom stereocenters. The summed E-state index contributed by atoms with van der Waals surface area (Å²) in [6.07, 6.45) is 0. The van der Waals surface area contributed by atoms with Gasteiger partial charge in [-0.25, -0.2) is 4.79 Å². The molecule has 0 bridgehead atoms. The van der Waals surface area contributed by atoms with Crippen molar-refractivity contribution < 1.29 is 24.0 Å². The number of carbonyl (C=O) groups is 2. The van der Waals surface area contributed by atoms with E-state index in [1.165, 1.54) is 18.2 Å². The summed E-state index contributed by atoms with van der Waals surface area (Å²) in [6.45, 7) is 1.58. The summed E-state index contributed by atoms with van der Waals surface area (Å²) in [5, 5.41) is 10.9. The highest BCUT2D eigenvalue weighted by Gasteiger charge is 2.22. The largest absolute Gasteiger partial charge is 0.475 e. The fraction of sp³-hybridized carbons (Fsp3) is 0.300. The molecule has 0 spiro atoms. The minimum Gasteiger partial charge on any atom is -0.475 e. The van der Waals surface area contributed by atoms with Crippen LogP contribution in [0, 0.1) is 10.1 Å². The van der Waals surface area contributed by atoms with E-state index in [1.54, 1.807) is 11.0 Å². The maximum absolute atomic E-state index is 12.3. The van der Waals surface area contributed by atoms with Crippen LogP contribution >= 0.6 is 0 Å². The fourth-order valence-corrected chi connectivity index (χ4v) is 2.99. The first-order valence-corrected chi connectivity index (χ1v) is 9.14. The highest BCUT2D eigenvalue weighted by atomic mass is 16.6. The van der Waals surface area contributed by atoms with Crippen LogP contribution in [0.15, 0.2) is 54.6 Å². The van der Waals surface area contributed by atoms with Crippen LogP contribution in [0.5, 0.6) is 5.75 Å². The minimum absolute atomic E-state index is 0.0298. The van der Waals surface area contributed by atoms with Crippen LogP contribution in [0.2, 0.25) is 0 Å². The summed E-state index contributed by atoms with van der Waals surface area (Å²) in [7, 11) is 0. The molecule has 1 heterocycles. The van der Waals surface area contributed by atoms with E-state index in [2.05, 4.69) is 4.90 Å². The Morgan fingerprint density at radius 2 is 1.59 bits per heavy atom. The first-order valence-electron chi connectivity index (χ1n) is 9.14. The van der Waals surface area contributed by atoms with Crippen LogP contribution in [0.3, 0.4) is 0 Å². The lowest BCUT2D eigenvalue weighted by atomic mass is 10.2. The van der Waals surface area contributed by atoms with Crippen LogP contribution in [0.1, 0.15) is 0 Å². The number of anilines is 1. The Morgan fingerprint density at radius 3 is 2.28 bits per heavy atom. The molecule has 0 aliphatic carbocycles. The average molecular weight is 399 g/mol. The van der Waals surface area contributed by atoms with E-state index in [1.807, 2.05) is 30.3 Å². The van der Waals surface area contributed by atoms with Crippen LogP contribution in [-0.4, -0.2) is 61.1 Å². The third-order valence-corrected chi connectivity index (χ3v) is 4.52. The second-order valence-corrected chi connectivity index (χ2v) is 6.38. The average Bonchev–Trinajstić information content (AvgIpc) is 2.77. The normalized spacial score (nSPS) is 13.7. The molecule has 9 heteroatoms. The number of nitro benzene ring substituents is 1. The van der Waals surface area contributed by atoms with E-state index in [9.17, 15) is 19.7 Å². The summed E-state index contributed by atoms with van der Waals surface area (Å²) in [5.74, 6) is -1.08. The molecular weight excluding hydrogens is 378 g/mol. The summed E-state index contributed by atoms with van der Waals surface area (Å²) >= 11 is 0. The number of amides is 1. The Labute approximate surface area is 167 Å². The van der Waals surface area contributed by atoms with Gasteiger partial charge < -0.3 is 19.3 Å². The molecule has 29 heavy (non-hydrogen) atoms. The molecule has 9 nitrogen and oxygen atoms in total. The van der Waals surface area contributed by atoms with Crippen molar-refractivity contribution >= 4 is 23.3 Å². The Bertz CT molecular complexity index is 866. The SMILES string of the molecule is O=C(COc1ccccc1[N+](=O)[O-])OCC(=O)N1CCN(c2ccccc2)CC1. The van der Waals surface area contributed by atoms with Crippen LogP contribution < -0.4 is 9.64 Å². The van der Waals surface area contributed by atoms with Crippen molar-refractivity contribution in [2.75, 3.05) is 44.3 Å². The monoisotopic (exact) mass is 399 g/mol. The topological polar surface area (TPSA) is 102 Å². The van der Waals surface area contributed by atoms with Crippen molar-refractivity contribution in [2.45, 2.75) is 0 Å². The van der Waals surface area contributed by atoms with E-state index in [-0.39, 0.29) is 24.0 Å². The van der Waals surface area contributed by atoms with Crippen molar-refractivity contribution in [3.05, 3.63) is 64.7 Å². The van der Waals surface area contributed by atoms with Gasteiger partial charge in [0.15, 0.2) is 19.0 Å². The number of hydrogen-bond donors (Lipinski definition) is 0. The molecule has 3 rings (SSSR count). The van der Waals surface area contributed by atoms with Crippen molar-refractivity contribution in [1.29, 1.82) is 0 Å². The van der Waals surface area contributed by atoms with Gasteiger partial charge in [0, 0.05) is 37.9 Å². The molecule has 0 aromatic heterocycles. The predicted molar refractivity (Wildman–Crippen MR) is 105 cm³/mol. The number of hydrogen-bond acceptors (Lipinski definition) is 7. The summed E-state index contributed by atoms with van der Waals surface area (Å²) < 4.78 is 10.1. The molecule has 0 radical (unpaired) electrons. The van der Waals surface area contributed by atoms with Gasteiger partial charge >= 0.3 is 11.7 Å². The molecule has 1 saturated heterocycles. The number of nitro groups is 1. The lowest BCUT2D eigenvalue weighted by Gasteiger charge is -2.36. The van der Waals surface area contributed by atoms with Crippen molar-refractivity contribution in [3.63, 3.8) is 0 Å². The van der Waals surface area contributed by atoms with E-state index in [4.69, 9.17) is 9.47 Å². The molecule has 0 N–H and O–H groups in total. The lowest BCUT2D eigenvalue weighted by molar-refractivity contribution is -0.385. The number of rotatable bonds is 7. The first kappa shape index (κ1) is 20.1. The second kappa shape index (κ2) is 9.54. The van der Waals surface area contributed by atoms with Gasteiger partial charge in [-0.1, -0.05) is 30.3 Å². The third-order valence-electron chi connectivity index (χ3n) is 4.52. The van der Waals surface area contributed by atoms with E-state index < -0.39 is 17.5 Å². The highest BCUT2D eigenvalue weighted by Crippen LogP contribution is 2.25. The van der Waals surface area contributed by atoms with Crippen LogP contribution in [-0.2, 0) is 14.3 Å². The van der Waals surface area contributed by atoms with Gasteiger partial charge in [0.05, 0.1) is 4.92 Å². The highest BCUT2D eigenvalue weighted by molar-refractivity contribution is 5.81. The number of nitrogens with zero attached hydrogens (tertiary/aromatic N) is 3. The predicted octanol–water partition coefficient (Wildman–Crippen LogP) is 1.87. The Hall–Kier alpha value is -3.62. The van der Waals surface area contributed by atoms with Gasteiger partial charge in [-0.2, -0.15) is 0 Å². The second-order valence-electron chi connectivity index (χ2n) is 6.38. The maximum Gasteiger partial charge on any atom is 0.344 e. The Morgan fingerprint density at radius 1 is 0.931 bits per heavy atom. The fourth-order valence-electron chi connectivity index (χ4n) is 2.99. The maximum atomic E-state index is 12.3. The number of ether oxygens (including phenoxy) is 2. The molecule has 1 aliphatic rings. The van der Waals surface area contributed by atoms with Crippen molar-refractivity contribution in [1.82, 2.24) is 4.90 Å². The lowest BCUT2D eigenvalue weighted by Crippen LogP contribution is -2.50. The smallest absolute Gasteiger partial charge is 0.344 e. The molecule has 1 fully saturated rings. The zero-order chi connectivity index (χ0) is 20.6. The van der Waals surface area contributed by atoms with Crippen LogP contribution in [0.4, 0.5) is 11.4 Å². The van der Waals surface area contributed by atoms with Crippen molar-refractivity contribution in [3.8, 4) is 5.75 Å². The number of carbonyl (C=O) groups excluding carboxylic acids is 2. The molecule has 1 aliphatic heterocycles. The van der Waals surface area contributed by atoms with Gasteiger partial charge in [0.25, 0.3) is 5.91 Å². The number of para-hydroxylation sites is 3. The van der Waals surface area contributed by atoms with Gasteiger partial charge in [0.1, 0.15) is 0 Å². The molecule has 0 saturated carbocycles. The molecular formula is C20H21N3O6. The van der Waals surface area contributed by atoms with E-state index in [0.717, 1.165) is 5.69 Å². The quantitative estimate of drug-likeness (QED) is 0.398. The standard InChI is InChI=1S/C20H21N3O6/c24-19(22-12-10-21(11-13-22)16-6-2-1-3-7-16)14-29-20(25)15-28-18-9-5-4-8-17(18)23(26)27/h1-9H,10-15H2. The van der Waals surface area contributed by atoms with E-state index >= 15 is 0 Å². The van der Waals surface area contributed by atoms with Gasteiger partial charge in [-0.05, 0) is 18.2 Å².